The Hall–Kier alpha value is -1.79. The summed E-state index contributed by atoms with van der Waals surface area (Å²) < 4.78 is 5.15. The first kappa shape index (κ1) is 20.3. The Morgan fingerprint density at radius 3 is 2.67 bits per heavy atom. The number of rotatable bonds is 11. The van der Waals surface area contributed by atoms with Gasteiger partial charge in [-0.1, -0.05) is 37.8 Å². The van der Waals surface area contributed by atoms with Gasteiger partial charge in [-0.3, -0.25) is 9.59 Å². The number of unbranched alkanes of at least 4 members (excludes halogenated alkanes) is 3. The second-order valence-corrected chi connectivity index (χ2v) is 5.94. The van der Waals surface area contributed by atoms with E-state index in [0.717, 1.165) is 25.7 Å². The highest BCUT2D eigenvalue weighted by atomic mass is 35.5. The predicted molar refractivity (Wildman–Crippen MR) is 94.8 cm³/mol. The summed E-state index contributed by atoms with van der Waals surface area (Å²) in [6, 6.07) is 3.93. The number of carbonyl (C=O) groups is 2. The molecule has 0 bridgehead atoms. The average molecular weight is 357 g/mol. The van der Waals surface area contributed by atoms with Gasteiger partial charge in [0.15, 0.2) is 0 Å². The maximum absolute atomic E-state index is 12.1. The average Bonchev–Trinajstić information content (AvgIpc) is 2.53. The van der Waals surface area contributed by atoms with Crippen molar-refractivity contribution < 1.29 is 19.4 Å². The van der Waals surface area contributed by atoms with E-state index < -0.39 is 17.9 Å². The van der Waals surface area contributed by atoms with Crippen molar-refractivity contribution in [2.24, 2.45) is 0 Å². The molecule has 0 saturated carbocycles. The molecular weight excluding hydrogens is 332 g/mol. The van der Waals surface area contributed by atoms with Crippen molar-refractivity contribution in [3.63, 3.8) is 0 Å². The van der Waals surface area contributed by atoms with Crippen LogP contribution in [-0.4, -0.2) is 36.7 Å². The molecule has 134 valence electrons. The summed E-state index contributed by atoms with van der Waals surface area (Å²) in [6.45, 7) is 2.69. The van der Waals surface area contributed by atoms with Gasteiger partial charge < -0.3 is 20.5 Å². The SMILES string of the molecule is CCCCCCNC(CC(=O)Nc1cc(Cl)ccc1OC)C(=O)O. The second-order valence-electron chi connectivity index (χ2n) is 5.50. The van der Waals surface area contributed by atoms with Crippen LogP contribution in [0.5, 0.6) is 5.75 Å². The van der Waals surface area contributed by atoms with Gasteiger partial charge in [0.05, 0.1) is 19.2 Å². The number of benzene rings is 1. The van der Waals surface area contributed by atoms with Crippen molar-refractivity contribution >= 4 is 29.2 Å². The minimum Gasteiger partial charge on any atom is -0.495 e. The summed E-state index contributed by atoms with van der Waals surface area (Å²) in [4.78, 5) is 23.4. The van der Waals surface area contributed by atoms with Crippen LogP contribution in [0.4, 0.5) is 5.69 Å². The molecule has 3 N–H and O–H groups in total. The smallest absolute Gasteiger partial charge is 0.321 e. The minimum atomic E-state index is -1.04. The number of methoxy groups -OCH3 is 1. The molecule has 0 aromatic heterocycles. The lowest BCUT2D eigenvalue weighted by Gasteiger charge is -2.15. The molecule has 0 saturated heterocycles. The fourth-order valence-electron chi connectivity index (χ4n) is 2.24. The van der Waals surface area contributed by atoms with Gasteiger partial charge in [-0.25, -0.2) is 0 Å². The molecule has 1 unspecified atom stereocenters. The van der Waals surface area contributed by atoms with Crippen molar-refractivity contribution in [2.45, 2.75) is 45.1 Å². The summed E-state index contributed by atoms with van der Waals surface area (Å²) in [7, 11) is 1.48. The number of halogens is 1. The summed E-state index contributed by atoms with van der Waals surface area (Å²) in [5, 5.41) is 15.3. The molecule has 1 amide bonds. The molecule has 24 heavy (non-hydrogen) atoms. The van der Waals surface area contributed by atoms with Crippen molar-refractivity contribution in [2.75, 3.05) is 19.0 Å². The molecule has 1 aromatic carbocycles. The molecule has 0 radical (unpaired) electrons. The van der Waals surface area contributed by atoms with Crippen LogP contribution in [0.3, 0.4) is 0 Å². The minimum absolute atomic E-state index is 0.168. The molecule has 1 aromatic rings. The van der Waals surface area contributed by atoms with Gasteiger partial charge in [-0.05, 0) is 31.2 Å². The number of aliphatic carboxylic acids is 1. The zero-order chi connectivity index (χ0) is 17.9. The molecule has 6 nitrogen and oxygen atoms in total. The van der Waals surface area contributed by atoms with E-state index >= 15 is 0 Å². The zero-order valence-corrected chi connectivity index (χ0v) is 14.9. The van der Waals surface area contributed by atoms with Crippen LogP contribution >= 0.6 is 11.6 Å². The lowest BCUT2D eigenvalue weighted by molar-refractivity contribution is -0.141. The lowest BCUT2D eigenvalue weighted by Crippen LogP contribution is -2.40. The molecule has 0 aliphatic carbocycles. The number of hydrogen-bond donors (Lipinski definition) is 3. The number of carboxylic acids is 1. The van der Waals surface area contributed by atoms with Gasteiger partial charge in [0, 0.05) is 5.02 Å². The van der Waals surface area contributed by atoms with Crippen LogP contribution in [-0.2, 0) is 9.59 Å². The van der Waals surface area contributed by atoms with Gasteiger partial charge in [-0.2, -0.15) is 0 Å². The fraction of sp³-hybridized carbons (Fsp3) is 0.529. The van der Waals surface area contributed by atoms with Gasteiger partial charge >= 0.3 is 5.97 Å². The van der Waals surface area contributed by atoms with E-state index in [1.165, 1.54) is 7.11 Å². The second kappa shape index (κ2) is 10.9. The number of nitrogens with one attached hydrogen (secondary N) is 2. The number of anilines is 1. The van der Waals surface area contributed by atoms with Crippen molar-refractivity contribution in [3.05, 3.63) is 23.2 Å². The van der Waals surface area contributed by atoms with E-state index in [1.54, 1.807) is 18.2 Å². The standard InChI is InChI=1S/C17H25ClN2O4/c1-3-4-5-6-9-19-14(17(22)23)11-16(21)20-13-10-12(18)7-8-15(13)24-2/h7-8,10,14,19H,3-6,9,11H2,1-2H3,(H,20,21)(H,22,23). The maximum Gasteiger partial charge on any atom is 0.321 e. The van der Waals surface area contributed by atoms with Gasteiger partial charge in [0.2, 0.25) is 5.91 Å². The van der Waals surface area contributed by atoms with E-state index in [-0.39, 0.29) is 6.42 Å². The zero-order valence-electron chi connectivity index (χ0n) is 14.1. The fourth-order valence-corrected chi connectivity index (χ4v) is 2.41. The van der Waals surface area contributed by atoms with E-state index in [1.807, 2.05) is 0 Å². The number of amides is 1. The topological polar surface area (TPSA) is 87.7 Å². The Bertz CT molecular complexity index is 551. The van der Waals surface area contributed by atoms with Crippen molar-refractivity contribution in [1.82, 2.24) is 5.32 Å². The third-order valence-electron chi connectivity index (χ3n) is 3.54. The highest BCUT2D eigenvalue weighted by molar-refractivity contribution is 6.31. The molecule has 1 atom stereocenters. The number of ether oxygens (including phenoxy) is 1. The molecule has 0 aliphatic rings. The van der Waals surface area contributed by atoms with Crippen LogP contribution in [0.25, 0.3) is 0 Å². The first-order valence-electron chi connectivity index (χ1n) is 8.07. The largest absolute Gasteiger partial charge is 0.495 e. The Morgan fingerprint density at radius 1 is 1.29 bits per heavy atom. The monoisotopic (exact) mass is 356 g/mol. The van der Waals surface area contributed by atoms with E-state index in [4.69, 9.17) is 16.3 Å². The quantitative estimate of drug-likeness (QED) is 0.529. The molecular formula is C17H25ClN2O4. The van der Waals surface area contributed by atoms with Gasteiger partial charge in [0.25, 0.3) is 0 Å². The van der Waals surface area contributed by atoms with Crippen LogP contribution in [0.15, 0.2) is 18.2 Å². The Balaban J connectivity index is 2.56. The van der Waals surface area contributed by atoms with Crippen LogP contribution in [0, 0.1) is 0 Å². The van der Waals surface area contributed by atoms with Crippen molar-refractivity contribution in [1.29, 1.82) is 0 Å². The predicted octanol–water partition coefficient (Wildman–Crippen LogP) is 3.30. The molecule has 0 fully saturated rings. The van der Waals surface area contributed by atoms with Crippen LogP contribution in [0.1, 0.15) is 39.0 Å². The first-order valence-corrected chi connectivity index (χ1v) is 8.45. The molecule has 0 heterocycles. The Kier molecular flexibility index (Phi) is 9.19. The van der Waals surface area contributed by atoms with Gasteiger partial charge in [0.1, 0.15) is 11.8 Å². The number of carboxylic acid groups (broad SMARTS) is 1. The number of carbonyl (C=O) groups excluding carboxylic acids is 1. The third kappa shape index (κ3) is 7.19. The highest BCUT2D eigenvalue weighted by Crippen LogP contribution is 2.27. The number of hydrogen-bond acceptors (Lipinski definition) is 4. The van der Waals surface area contributed by atoms with E-state index in [9.17, 15) is 14.7 Å². The van der Waals surface area contributed by atoms with E-state index in [2.05, 4.69) is 17.6 Å². The van der Waals surface area contributed by atoms with E-state index in [0.29, 0.717) is 23.0 Å². The van der Waals surface area contributed by atoms with Crippen LogP contribution in [0.2, 0.25) is 5.02 Å². The first-order chi connectivity index (χ1) is 11.5. The molecule has 0 spiro atoms. The highest BCUT2D eigenvalue weighted by Gasteiger charge is 2.21. The van der Waals surface area contributed by atoms with Crippen LogP contribution < -0.4 is 15.4 Å². The van der Waals surface area contributed by atoms with Crippen molar-refractivity contribution in [3.8, 4) is 5.75 Å². The Morgan fingerprint density at radius 2 is 2.04 bits per heavy atom. The summed E-state index contributed by atoms with van der Waals surface area (Å²) in [5.41, 5.74) is 0.419. The summed E-state index contributed by atoms with van der Waals surface area (Å²) in [5.74, 6) is -0.991. The molecule has 7 heteroatoms. The Labute approximate surface area is 147 Å². The molecule has 0 aliphatic heterocycles. The van der Waals surface area contributed by atoms with Gasteiger partial charge in [-0.15, -0.1) is 0 Å². The molecule has 1 rings (SSSR count). The third-order valence-corrected chi connectivity index (χ3v) is 3.78. The maximum atomic E-state index is 12.1. The summed E-state index contributed by atoms with van der Waals surface area (Å²) in [6.07, 6.45) is 4.00. The lowest BCUT2D eigenvalue weighted by atomic mass is 10.1. The summed E-state index contributed by atoms with van der Waals surface area (Å²) >= 11 is 5.91. The normalized spacial score (nSPS) is 11.8.